The highest BCUT2D eigenvalue weighted by Crippen LogP contribution is 2.27. The van der Waals surface area contributed by atoms with Gasteiger partial charge in [-0.05, 0) is 12.1 Å². The molecule has 0 amide bonds. The normalized spacial score (nSPS) is 11.6. The average Bonchev–Trinajstić information content (AvgIpc) is 2.18. The zero-order valence-electron chi connectivity index (χ0n) is 9.04. The SMILES string of the molecule is CC.CS(=O)(=O)c1ccc(C(F)(F)F)nc1. The summed E-state index contributed by atoms with van der Waals surface area (Å²) in [6.07, 6.45) is -2.95. The third-order valence-corrected chi connectivity index (χ3v) is 2.55. The Hall–Kier alpha value is -1.11. The topological polar surface area (TPSA) is 47.0 Å². The second-order valence-electron chi connectivity index (χ2n) is 2.65. The molecule has 0 bridgehead atoms. The number of hydrogen-bond acceptors (Lipinski definition) is 3. The van der Waals surface area contributed by atoms with E-state index in [-0.39, 0.29) is 4.90 Å². The van der Waals surface area contributed by atoms with Crippen LogP contribution in [0.15, 0.2) is 23.2 Å². The maximum atomic E-state index is 12.0. The quantitative estimate of drug-likeness (QED) is 0.774. The van der Waals surface area contributed by atoms with Crippen molar-refractivity contribution in [1.82, 2.24) is 4.98 Å². The van der Waals surface area contributed by atoms with Crippen LogP contribution in [0.2, 0.25) is 0 Å². The van der Waals surface area contributed by atoms with Crippen LogP contribution < -0.4 is 0 Å². The summed E-state index contributed by atoms with van der Waals surface area (Å²) in [7, 11) is -3.49. The fourth-order valence-corrected chi connectivity index (χ4v) is 1.33. The van der Waals surface area contributed by atoms with Gasteiger partial charge in [0.05, 0.1) is 4.90 Å². The summed E-state index contributed by atoms with van der Waals surface area (Å²) in [4.78, 5) is 2.78. The van der Waals surface area contributed by atoms with Crippen molar-refractivity contribution in [2.45, 2.75) is 24.9 Å². The van der Waals surface area contributed by atoms with Gasteiger partial charge >= 0.3 is 6.18 Å². The molecule has 7 heteroatoms. The molecule has 3 nitrogen and oxygen atoms in total. The van der Waals surface area contributed by atoms with E-state index in [4.69, 9.17) is 0 Å². The van der Waals surface area contributed by atoms with Gasteiger partial charge in [-0.2, -0.15) is 13.2 Å². The number of nitrogens with zero attached hydrogens (tertiary/aromatic N) is 1. The van der Waals surface area contributed by atoms with Gasteiger partial charge in [-0.3, -0.25) is 4.98 Å². The van der Waals surface area contributed by atoms with Gasteiger partial charge in [-0.15, -0.1) is 0 Å². The highest BCUT2D eigenvalue weighted by Gasteiger charge is 2.32. The number of sulfone groups is 1. The van der Waals surface area contributed by atoms with Gasteiger partial charge < -0.3 is 0 Å². The fourth-order valence-electron chi connectivity index (χ4n) is 0.767. The minimum absolute atomic E-state index is 0.231. The summed E-state index contributed by atoms with van der Waals surface area (Å²) < 4.78 is 57.8. The zero-order valence-corrected chi connectivity index (χ0v) is 9.85. The number of pyridine rings is 1. The van der Waals surface area contributed by atoms with Crippen LogP contribution in [0.3, 0.4) is 0 Å². The Kier molecular flexibility index (Phi) is 4.92. The summed E-state index contributed by atoms with van der Waals surface area (Å²) in [5.41, 5.74) is -1.11. The fraction of sp³-hybridized carbons (Fsp3) is 0.444. The third-order valence-electron chi connectivity index (χ3n) is 1.45. The molecule has 1 aromatic rings. The molecule has 92 valence electrons. The molecule has 0 N–H and O–H groups in total. The summed E-state index contributed by atoms with van der Waals surface area (Å²) >= 11 is 0. The minimum atomic E-state index is -4.55. The van der Waals surface area contributed by atoms with Crippen LogP contribution >= 0.6 is 0 Å². The lowest BCUT2D eigenvalue weighted by Gasteiger charge is -2.05. The zero-order chi connectivity index (χ0) is 13.0. The second-order valence-corrected chi connectivity index (χ2v) is 4.66. The predicted molar refractivity (Wildman–Crippen MR) is 53.7 cm³/mol. The van der Waals surface area contributed by atoms with Crippen LogP contribution in [0.4, 0.5) is 13.2 Å². The summed E-state index contributed by atoms with van der Waals surface area (Å²) in [5.74, 6) is 0. The average molecular weight is 255 g/mol. The largest absolute Gasteiger partial charge is 0.433 e. The van der Waals surface area contributed by atoms with Crippen molar-refractivity contribution < 1.29 is 21.6 Å². The first-order chi connectivity index (χ1) is 7.21. The van der Waals surface area contributed by atoms with Crippen LogP contribution in [0.5, 0.6) is 0 Å². The van der Waals surface area contributed by atoms with Crippen molar-refractivity contribution in [2.24, 2.45) is 0 Å². The molecule has 0 aromatic carbocycles. The van der Waals surface area contributed by atoms with Crippen LogP contribution in [0.1, 0.15) is 19.5 Å². The van der Waals surface area contributed by atoms with E-state index in [1.165, 1.54) is 0 Å². The Morgan fingerprint density at radius 3 is 1.94 bits per heavy atom. The molecule has 0 atom stereocenters. The van der Waals surface area contributed by atoms with E-state index < -0.39 is 21.7 Å². The number of rotatable bonds is 1. The van der Waals surface area contributed by atoms with Crippen LogP contribution in [0.25, 0.3) is 0 Å². The summed E-state index contributed by atoms with van der Waals surface area (Å²) in [6.45, 7) is 4.00. The molecule has 0 fully saturated rings. The Morgan fingerprint density at radius 1 is 1.19 bits per heavy atom. The summed E-state index contributed by atoms with van der Waals surface area (Å²) in [5, 5.41) is 0. The third kappa shape index (κ3) is 4.18. The highest BCUT2D eigenvalue weighted by molar-refractivity contribution is 7.90. The number of alkyl halides is 3. The minimum Gasteiger partial charge on any atom is -0.250 e. The number of hydrogen-bond donors (Lipinski definition) is 0. The lowest BCUT2D eigenvalue weighted by atomic mass is 10.3. The Labute approximate surface area is 92.2 Å². The van der Waals surface area contributed by atoms with Crippen LogP contribution in [-0.2, 0) is 16.0 Å². The monoisotopic (exact) mass is 255 g/mol. The molecule has 0 spiro atoms. The highest BCUT2D eigenvalue weighted by atomic mass is 32.2. The van der Waals surface area contributed by atoms with Gasteiger partial charge in [0.2, 0.25) is 0 Å². The van der Waals surface area contributed by atoms with Crippen LogP contribution in [0, 0.1) is 0 Å². The smallest absolute Gasteiger partial charge is 0.250 e. The number of aromatic nitrogens is 1. The van der Waals surface area contributed by atoms with Crippen molar-refractivity contribution in [2.75, 3.05) is 6.26 Å². The molecule has 0 aliphatic heterocycles. The lowest BCUT2D eigenvalue weighted by Crippen LogP contribution is -2.08. The van der Waals surface area contributed by atoms with Gasteiger partial charge in [0.25, 0.3) is 0 Å². The van der Waals surface area contributed by atoms with E-state index in [9.17, 15) is 21.6 Å². The number of halogens is 3. The maximum absolute atomic E-state index is 12.0. The van der Waals surface area contributed by atoms with E-state index in [1.54, 1.807) is 0 Å². The van der Waals surface area contributed by atoms with Gasteiger partial charge in [0, 0.05) is 12.5 Å². The van der Waals surface area contributed by atoms with Gasteiger partial charge in [0.1, 0.15) is 5.69 Å². The molecule has 0 saturated heterocycles. The molecule has 16 heavy (non-hydrogen) atoms. The van der Waals surface area contributed by atoms with E-state index in [2.05, 4.69) is 4.98 Å². The first-order valence-corrected chi connectivity index (χ1v) is 6.34. The van der Waals surface area contributed by atoms with Crippen molar-refractivity contribution >= 4 is 9.84 Å². The Bertz CT molecular complexity index is 423. The van der Waals surface area contributed by atoms with E-state index >= 15 is 0 Å². The first kappa shape index (κ1) is 14.9. The van der Waals surface area contributed by atoms with Crippen molar-refractivity contribution in [3.05, 3.63) is 24.0 Å². The lowest BCUT2D eigenvalue weighted by molar-refractivity contribution is -0.141. The Balaban J connectivity index is 0.00000106. The Morgan fingerprint density at radius 2 is 1.69 bits per heavy atom. The molecule has 0 aliphatic rings. The van der Waals surface area contributed by atoms with Crippen molar-refractivity contribution in [3.8, 4) is 0 Å². The molecule has 0 unspecified atom stereocenters. The summed E-state index contributed by atoms with van der Waals surface area (Å²) in [6, 6.07) is 1.52. The molecule has 1 aromatic heterocycles. The van der Waals surface area contributed by atoms with Crippen LogP contribution in [-0.4, -0.2) is 19.7 Å². The molecular formula is C9H12F3NO2S. The van der Waals surface area contributed by atoms with Crippen molar-refractivity contribution in [1.29, 1.82) is 0 Å². The molecule has 0 saturated carbocycles. The molecule has 0 aliphatic carbocycles. The van der Waals surface area contributed by atoms with E-state index in [0.29, 0.717) is 12.3 Å². The van der Waals surface area contributed by atoms with Gasteiger partial charge in [-0.25, -0.2) is 8.42 Å². The second kappa shape index (κ2) is 5.29. The standard InChI is InChI=1S/C7H6F3NO2S.C2H6/c1-14(12,13)5-2-3-6(11-4-5)7(8,9)10;1-2/h2-4H,1H3;1-2H3. The van der Waals surface area contributed by atoms with Gasteiger partial charge in [0.15, 0.2) is 9.84 Å². The van der Waals surface area contributed by atoms with E-state index in [0.717, 1.165) is 12.3 Å². The molecular weight excluding hydrogens is 243 g/mol. The molecule has 1 rings (SSSR count). The van der Waals surface area contributed by atoms with Crippen molar-refractivity contribution in [3.63, 3.8) is 0 Å². The van der Waals surface area contributed by atoms with E-state index in [1.807, 2.05) is 13.8 Å². The maximum Gasteiger partial charge on any atom is 0.433 e. The first-order valence-electron chi connectivity index (χ1n) is 4.44. The molecule has 0 radical (unpaired) electrons. The van der Waals surface area contributed by atoms with Gasteiger partial charge in [-0.1, -0.05) is 13.8 Å². The predicted octanol–water partition coefficient (Wildman–Crippen LogP) is 2.53. The molecule has 1 heterocycles.